The Kier molecular flexibility index (Phi) is 3.35. The Balaban J connectivity index is 1.80. The van der Waals surface area contributed by atoms with Crippen LogP contribution in [0, 0.1) is 5.92 Å². The molecule has 0 N–H and O–H groups in total. The molecule has 1 aliphatic carbocycles. The highest BCUT2D eigenvalue weighted by molar-refractivity contribution is 5.62. The number of fused-ring (bicyclic) bond motifs is 1. The summed E-state index contributed by atoms with van der Waals surface area (Å²) < 4.78 is 0. The van der Waals surface area contributed by atoms with E-state index in [1.54, 1.807) is 0 Å². The molecule has 1 saturated carbocycles. The fourth-order valence-electron chi connectivity index (χ4n) is 3.56. The molecule has 1 aliphatic heterocycles. The zero-order valence-corrected chi connectivity index (χ0v) is 10.8. The highest BCUT2D eigenvalue weighted by Crippen LogP contribution is 2.36. The number of anilines is 1. The van der Waals surface area contributed by atoms with Crippen LogP contribution < -0.4 is 4.90 Å². The van der Waals surface area contributed by atoms with Gasteiger partial charge in [0.15, 0.2) is 0 Å². The molecule has 0 saturated heterocycles. The molecule has 0 aromatic heterocycles. The molecule has 1 aromatic rings. The van der Waals surface area contributed by atoms with Crippen molar-refractivity contribution in [3.8, 4) is 0 Å². The standard InChI is InChI=1S/C16H21NO/c18-10-9-15-11-14-7-3-4-8-16(14)17(15)12-13-5-1-2-6-13/h3-4,7-8,10,13,15H,1-2,5-6,9,11-12H2. The first-order valence-electron chi connectivity index (χ1n) is 7.16. The van der Waals surface area contributed by atoms with Gasteiger partial charge in [0.05, 0.1) is 0 Å². The highest BCUT2D eigenvalue weighted by Gasteiger charge is 2.30. The zero-order valence-electron chi connectivity index (χ0n) is 10.8. The van der Waals surface area contributed by atoms with Crippen LogP contribution in [0.1, 0.15) is 37.7 Å². The van der Waals surface area contributed by atoms with Crippen molar-refractivity contribution in [1.82, 2.24) is 0 Å². The number of rotatable bonds is 4. The SMILES string of the molecule is O=CCC1Cc2ccccc2N1CC1CCCC1. The molecule has 0 amide bonds. The van der Waals surface area contributed by atoms with Gasteiger partial charge in [-0.25, -0.2) is 0 Å². The molecule has 1 unspecified atom stereocenters. The van der Waals surface area contributed by atoms with Crippen LogP contribution in [0.15, 0.2) is 24.3 Å². The van der Waals surface area contributed by atoms with E-state index in [1.165, 1.54) is 36.9 Å². The van der Waals surface area contributed by atoms with E-state index >= 15 is 0 Å². The van der Waals surface area contributed by atoms with E-state index in [2.05, 4.69) is 29.2 Å². The topological polar surface area (TPSA) is 20.3 Å². The predicted molar refractivity (Wildman–Crippen MR) is 73.9 cm³/mol. The summed E-state index contributed by atoms with van der Waals surface area (Å²) in [5.41, 5.74) is 2.79. The minimum absolute atomic E-state index is 0.403. The molecule has 0 spiro atoms. The number of aldehydes is 1. The molecule has 1 aromatic carbocycles. The number of para-hydroxylation sites is 1. The Morgan fingerprint density at radius 1 is 1.22 bits per heavy atom. The largest absolute Gasteiger partial charge is 0.367 e. The van der Waals surface area contributed by atoms with Gasteiger partial charge in [0, 0.05) is 24.7 Å². The number of hydrogen-bond acceptors (Lipinski definition) is 2. The average Bonchev–Trinajstić information content (AvgIpc) is 3.00. The van der Waals surface area contributed by atoms with Crippen LogP contribution in [0.3, 0.4) is 0 Å². The molecule has 1 fully saturated rings. The molecule has 0 bridgehead atoms. The summed E-state index contributed by atoms with van der Waals surface area (Å²) in [6, 6.07) is 9.05. The first-order chi connectivity index (χ1) is 8.88. The maximum atomic E-state index is 10.9. The second-order valence-corrected chi connectivity index (χ2v) is 5.69. The Morgan fingerprint density at radius 3 is 2.78 bits per heavy atom. The van der Waals surface area contributed by atoms with Crippen molar-refractivity contribution < 1.29 is 4.79 Å². The maximum absolute atomic E-state index is 10.9. The van der Waals surface area contributed by atoms with Crippen molar-refractivity contribution in [1.29, 1.82) is 0 Å². The van der Waals surface area contributed by atoms with Gasteiger partial charge >= 0.3 is 0 Å². The van der Waals surface area contributed by atoms with Crippen molar-refractivity contribution >= 4 is 12.0 Å². The molecule has 0 radical (unpaired) electrons. The summed E-state index contributed by atoms with van der Waals surface area (Å²) in [5, 5.41) is 0. The summed E-state index contributed by atoms with van der Waals surface area (Å²) in [7, 11) is 0. The van der Waals surface area contributed by atoms with Gasteiger partial charge in [-0.15, -0.1) is 0 Å². The van der Waals surface area contributed by atoms with Gasteiger partial charge in [0.25, 0.3) is 0 Å². The molecular weight excluding hydrogens is 222 g/mol. The lowest BCUT2D eigenvalue weighted by molar-refractivity contribution is -0.108. The van der Waals surface area contributed by atoms with E-state index in [0.717, 1.165) is 25.2 Å². The molecular formula is C16H21NO. The van der Waals surface area contributed by atoms with Gasteiger partial charge in [-0.1, -0.05) is 31.0 Å². The van der Waals surface area contributed by atoms with Gasteiger partial charge in [-0.05, 0) is 36.8 Å². The molecule has 1 atom stereocenters. The molecule has 3 rings (SSSR count). The zero-order chi connectivity index (χ0) is 12.4. The summed E-state index contributed by atoms with van der Waals surface area (Å²) in [6.45, 7) is 1.15. The van der Waals surface area contributed by atoms with Crippen LogP contribution in [0.5, 0.6) is 0 Å². The molecule has 18 heavy (non-hydrogen) atoms. The van der Waals surface area contributed by atoms with Crippen LogP contribution in [-0.4, -0.2) is 18.9 Å². The normalized spacial score (nSPS) is 23.3. The van der Waals surface area contributed by atoms with E-state index in [1.807, 2.05) is 0 Å². The number of nitrogens with zero attached hydrogens (tertiary/aromatic N) is 1. The maximum Gasteiger partial charge on any atom is 0.122 e. The minimum atomic E-state index is 0.403. The Labute approximate surface area is 109 Å². The van der Waals surface area contributed by atoms with E-state index in [4.69, 9.17) is 0 Å². The van der Waals surface area contributed by atoms with Crippen LogP contribution >= 0.6 is 0 Å². The van der Waals surface area contributed by atoms with Gasteiger partial charge < -0.3 is 9.69 Å². The van der Waals surface area contributed by atoms with Crippen molar-refractivity contribution in [2.75, 3.05) is 11.4 Å². The Morgan fingerprint density at radius 2 is 2.00 bits per heavy atom. The van der Waals surface area contributed by atoms with Crippen LogP contribution in [0.25, 0.3) is 0 Å². The monoisotopic (exact) mass is 243 g/mol. The molecule has 2 nitrogen and oxygen atoms in total. The van der Waals surface area contributed by atoms with Crippen molar-refractivity contribution in [2.45, 2.75) is 44.6 Å². The van der Waals surface area contributed by atoms with Gasteiger partial charge in [-0.2, -0.15) is 0 Å². The summed E-state index contributed by atoms with van der Waals surface area (Å²) >= 11 is 0. The highest BCUT2D eigenvalue weighted by atomic mass is 16.1. The smallest absolute Gasteiger partial charge is 0.122 e. The van der Waals surface area contributed by atoms with Crippen LogP contribution in [0.4, 0.5) is 5.69 Å². The van der Waals surface area contributed by atoms with Gasteiger partial charge in [-0.3, -0.25) is 0 Å². The van der Waals surface area contributed by atoms with Crippen molar-refractivity contribution in [3.63, 3.8) is 0 Å². The molecule has 96 valence electrons. The number of benzene rings is 1. The lowest BCUT2D eigenvalue weighted by Crippen LogP contribution is -2.35. The van der Waals surface area contributed by atoms with Gasteiger partial charge in [0.2, 0.25) is 0 Å². The molecule has 2 heteroatoms. The number of carbonyl (C=O) groups excluding carboxylic acids is 1. The molecule has 1 heterocycles. The first-order valence-corrected chi connectivity index (χ1v) is 7.16. The summed E-state index contributed by atoms with van der Waals surface area (Å²) in [5.74, 6) is 0.838. The van der Waals surface area contributed by atoms with Gasteiger partial charge in [0.1, 0.15) is 6.29 Å². The van der Waals surface area contributed by atoms with Crippen molar-refractivity contribution in [3.05, 3.63) is 29.8 Å². The third-order valence-corrected chi connectivity index (χ3v) is 4.50. The minimum Gasteiger partial charge on any atom is -0.367 e. The predicted octanol–water partition coefficient (Wildman–Crippen LogP) is 3.20. The van der Waals surface area contributed by atoms with E-state index in [9.17, 15) is 4.79 Å². The van der Waals surface area contributed by atoms with E-state index in [-0.39, 0.29) is 0 Å². The fraction of sp³-hybridized carbons (Fsp3) is 0.562. The number of hydrogen-bond donors (Lipinski definition) is 0. The third-order valence-electron chi connectivity index (χ3n) is 4.50. The Bertz CT molecular complexity index is 423. The lowest BCUT2D eigenvalue weighted by atomic mass is 10.1. The first kappa shape index (κ1) is 11.8. The second-order valence-electron chi connectivity index (χ2n) is 5.69. The van der Waals surface area contributed by atoms with E-state index < -0.39 is 0 Å². The lowest BCUT2D eigenvalue weighted by Gasteiger charge is -2.29. The third kappa shape index (κ3) is 2.16. The molecule has 2 aliphatic rings. The summed E-state index contributed by atoms with van der Waals surface area (Å²) in [6.07, 6.45) is 8.30. The number of carbonyl (C=O) groups is 1. The fourth-order valence-corrected chi connectivity index (χ4v) is 3.56. The second kappa shape index (κ2) is 5.13. The summed E-state index contributed by atoms with van der Waals surface area (Å²) in [4.78, 5) is 13.4. The Hall–Kier alpha value is -1.31. The average molecular weight is 243 g/mol. The van der Waals surface area contributed by atoms with E-state index in [0.29, 0.717) is 12.5 Å². The van der Waals surface area contributed by atoms with Crippen molar-refractivity contribution in [2.24, 2.45) is 5.92 Å². The quantitative estimate of drug-likeness (QED) is 0.757. The van der Waals surface area contributed by atoms with Crippen LogP contribution in [0.2, 0.25) is 0 Å². The van der Waals surface area contributed by atoms with Crippen LogP contribution in [-0.2, 0) is 11.2 Å².